The van der Waals surface area contributed by atoms with Gasteiger partial charge in [0.2, 0.25) is 11.8 Å². The zero-order valence-corrected chi connectivity index (χ0v) is 18.3. The highest BCUT2D eigenvalue weighted by molar-refractivity contribution is 5.79. The topological polar surface area (TPSA) is 64.7 Å². The first kappa shape index (κ1) is 22.8. The molecule has 0 spiro atoms. The number of carbonyl (C=O) groups excluding carboxylic acids is 2. The summed E-state index contributed by atoms with van der Waals surface area (Å²) in [5.74, 6) is 0.130. The van der Waals surface area contributed by atoms with Crippen molar-refractivity contribution >= 4 is 11.8 Å². The van der Waals surface area contributed by atoms with E-state index in [1.54, 1.807) is 0 Å². The van der Waals surface area contributed by atoms with E-state index >= 15 is 0 Å². The van der Waals surface area contributed by atoms with E-state index in [1.807, 2.05) is 24.3 Å². The van der Waals surface area contributed by atoms with Crippen molar-refractivity contribution < 1.29 is 9.59 Å². The molecule has 2 N–H and O–H groups in total. The van der Waals surface area contributed by atoms with Gasteiger partial charge in [-0.25, -0.2) is 0 Å². The summed E-state index contributed by atoms with van der Waals surface area (Å²) < 4.78 is 0. The fraction of sp³-hybridized carbons (Fsp3) is 0.667. The number of nitrogens with one attached hydrogen (secondary N) is 2. The standard InChI is InChI=1S/C24H38N4O2/c29-23(25-11-17-27-13-3-1-4-14-27)19-21-7-9-22(10-8-21)20-24(30)26-12-18-28-15-5-2-6-16-28/h7-10H,1-6,11-20H2,(H,25,29)(H,26,30). The van der Waals surface area contributed by atoms with Crippen LogP contribution in [0.5, 0.6) is 0 Å². The van der Waals surface area contributed by atoms with Crippen LogP contribution in [0, 0.1) is 0 Å². The van der Waals surface area contributed by atoms with Gasteiger partial charge in [0, 0.05) is 26.2 Å². The maximum atomic E-state index is 12.2. The molecule has 2 amide bonds. The Bertz CT molecular complexity index is 593. The van der Waals surface area contributed by atoms with Gasteiger partial charge in [-0.3, -0.25) is 9.59 Å². The number of hydrogen-bond acceptors (Lipinski definition) is 4. The average Bonchev–Trinajstić information content (AvgIpc) is 2.77. The van der Waals surface area contributed by atoms with E-state index in [4.69, 9.17) is 0 Å². The summed E-state index contributed by atoms with van der Waals surface area (Å²) in [6.07, 6.45) is 8.55. The fourth-order valence-corrected chi connectivity index (χ4v) is 4.34. The van der Waals surface area contributed by atoms with Gasteiger partial charge >= 0.3 is 0 Å². The fourth-order valence-electron chi connectivity index (χ4n) is 4.34. The molecule has 0 saturated carbocycles. The minimum atomic E-state index is 0.0650. The molecule has 0 unspecified atom stereocenters. The molecule has 1 aromatic carbocycles. The Kier molecular flexibility index (Phi) is 9.64. The Hall–Kier alpha value is -1.92. The highest BCUT2D eigenvalue weighted by atomic mass is 16.2. The van der Waals surface area contributed by atoms with Crippen LogP contribution < -0.4 is 10.6 Å². The second-order valence-corrected chi connectivity index (χ2v) is 8.67. The molecule has 2 aliphatic heterocycles. The van der Waals surface area contributed by atoms with Crippen LogP contribution in [0.3, 0.4) is 0 Å². The summed E-state index contributed by atoms with van der Waals surface area (Å²) in [4.78, 5) is 29.2. The Balaban J connectivity index is 1.29. The third-order valence-corrected chi connectivity index (χ3v) is 6.15. The van der Waals surface area contributed by atoms with Gasteiger partial charge in [-0.05, 0) is 63.0 Å². The van der Waals surface area contributed by atoms with Crippen molar-refractivity contribution in [3.8, 4) is 0 Å². The summed E-state index contributed by atoms with van der Waals surface area (Å²) in [6.45, 7) is 7.94. The summed E-state index contributed by atoms with van der Waals surface area (Å²) in [5, 5.41) is 6.05. The molecular weight excluding hydrogens is 376 g/mol. The molecule has 2 saturated heterocycles. The lowest BCUT2D eigenvalue weighted by atomic mass is 10.1. The first-order chi connectivity index (χ1) is 14.7. The van der Waals surface area contributed by atoms with Gasteiger partial charge in [-0.2, -0.15) is 0 Å². The maximum Gasteiger partial charge on any atom is 0.224 e. The van der Waals surface area contributed by atoms with E-state index in [9.17, 15) is 9.59 Å². The van der Waals surface area contributed by atoms with Gasteiger partial charge in [-0.15, -0.1) is 0 Å². The van der Waals surface area contributed by atoms with E-state index in [0.29, 0.717) is 25.9 Å². The van der Waals surface area contributed by atoms with Crippen molar-refractivity contribution in [1.29, 1.82) is 0 Å². The Labute approximate surface area is 181 Å². The molecule has 0 bridgehead atoms. The molecule has 0 aliphatic carbocycles. The molecule has 6 heteroatoms. The molecule has 2 heterocycles. The second-order valence-electron chi connectivity index (χ2n) is 8.67. The van der Waals surface area contributed by atoms with Crippen LogP contribution in [-0.4, -0.2) is 74.0 Å². The Morgan fingerprint density at radius 3 is 1.37 bits per heavy atom. The van der Waals surface area contributed by atoms with Crippen molar-refractivity contribution in [1.82, 2.24) is 20.4 Å². The summed E-state index contributed by atoms with van der Waals surface area (Å²) in [6, 6.07) is 7.84. The van der Waals surface area contributed by atoms with Gasteiger partial charge in [0.15, 0.2) is 0 Å². The molecule has 6 nitrogen and oxygen atoms in total. The van der Waals surface area contributed by atoms with E-state index < -0.39 is 0 Å². The quantitative estimate of drug-likeness (QED) is 0.615. The van der Waals surface area contributed by atoms with Crippen molar-refractivity contribution in [3.63, 3.8) is 0 Å². The molecular formula is C24H38N4O2. The number of nitrogens with zero attached hydrogens (tertiary/aromatic N) is 2. The normalized spacial score (nSPS) is 18.1. The monoisotopic (exact) mass is 414 g/mol. The highest BCUT2D eigenvalue weighted by Gasteiger charge is 2.11. The van der Waals surface area contributed by atoms with Crippen LogP contribution >= 0.6 is 0 Å². The molecule has 3 rings (SSSR count). The summed E-state index contributed by atoms with van der Waals surface area (Å²) >= 11 is 0. The molecule has 1 aromatic rings. The van der Waals surface area contributed by atoms with E-state index in [1.165, 1.54) is 38.5 Å². The number of likely N-dealkylation sites (tertiary alicyclic amines) is 2. The van der Waals surface area contributed by atoms with E-state index in [-0.39, 0.29) is 11.8 Å². The number of carbonyl (C=O) groups is 2. The van der Waals surface area contributed by atoms with Crippen molar-refractivity contribution in [2.24, 2.45) is 0 Å². The average molecular weight is 415 g/mol. The predicted octanol–water partition coefficient (Wildman–Crippen LogP) is 1.98. The van der Waals surface area contributed by atoms with Crippen LogP contribution in [0.25, 0.3) is 0 Å². The van der Waals surface area contributed by atoms with Gasteiger partial charge in [0.1, 0.15) is 0 Å². The number of amides is 2. The number of piperidine rings is 2. The first-order valence-electron chi connectivity index (χ1n) is 11.7. The second kappa shape index (κ2) is 12.7. The van der Waals surface area contributed by atoms with Crippen molar-refractivity contribution in [2.75, 3.05) is 52.4 Å². The van der Waals surface area contributed by atoms with Crippen molar-refractivity contribution in [3.05, 3.63) is 35.4 Å². The molecule has 0 aromatic heterocycles. The summed E-state index contributed by atoms with van der Waals surface area (Å²) in [5.41, 5.74) is 1.97. The lowest BCUT2D eigenvalue weighted by Crippen LogP contribution is -2.38. The van der Waals surface area contributed by atoms with E-state index in [2.05, 4.69) is 20.4 Å². The number of benzene rings is 1. The van der Waals surface area contributed by atoms with Gasteiger partial charge in [0.05, 0.1) is 12.8 Å². The highest BCUT2D eigenvalue weighted by Crippen LogP contribution is 2.09. The van der Waals surface area contributed by atoms with Gasteiger partial charge < -0.3 is 20.4 Å². The Morgan fingerprint density at radius 1 is 0.633 bits per heavy atom. The molecule has 2 fully saturated rings. The minimum absolute atomic E-state index is 0.0650. The third-order valence-electron chi connectivity index (χ3n) is 6.15. The minimum Gasteiger partial charge on any atom is -0.355 e. The molecule has 166 valence electrons. The SMILES string of the molecule is O=C(Cc1ccc(CC(=O)NCCN2CCCCC2)cc1)NCCN1CCCCC1. The van der Waals surface area contributed by atoms with Crippen LogP contribution in [0.2, 0.25) is 0 Å². The first-order valence-corrected chi connectivity index (χ1v) is 11.7. The molecule has 0 radical (unpaired) electrons. The Morgan fingerprint density at radius 2 is 1.00 bits per heavy atom. The zero-order chi connectivity index (χ0) is 21.0. The number of rotatable bonds is 10. The molecule has 30 heavy (non-hydrogen) atoms. The third kappa shape index (κ3) is 8.44. The largest absolute Gasteiger partial charge is 0.355 e. The van der Waals surface area contributed by atoms with Gasteiger partial charge in [0.25, 0.3) is 0 Å². The molecule has 0 atom stereocenters. The summed E-state index contributed by atoms with van der Waals surface area (Å²) in [7, 11) is 0. The van der Waals surface area contributed by atoms with Crippen LogP contribution in [0.4, 0.5) is 0 Å². The predicted molar refractivity (Wildman–Crippen MR) is 120 cm³/mol. The van der Waals surface area contributed by atoms with Crippen LogP contribution in [0.15, 0.2) is 24.3 Å². The smallest absolute Gasteiger partial charge is 0.224 e. The lowest BCUT2D eigenvalue weighted by Gasteiger charge is -2.26. The van der Waals surface area contributed by atoms with E-state index in [0.717, 1.165) is 50.4 Å². The lowest BCUT2D eigenvalue weighted by molar-refractivity contribution is -0.121. The number of hydrogen-bond donors (Lipinski definition) is 2. The van der Waals surface area contributed by atoms with Gasteiger partial charge in [-0.1, -0.05) is 37.1 Å². The maximum absolute atomic E-state index is 12.2. The van der Waals surface area contributed by atoms with Crippen molar-refractivity contribution in [2.45, 2.75) is 51.4 Å². The van der Waals surface area contributed by atoms with Crippen LogP contribution in [0.1, 0.15) is 49.7 Å². The van der Waals surface area contributed by atoms with Crippen LogP contribution in [-0.2, 0) is 22.4 Å². The zero-order valence-electron chi connectivity index (χ0n) is 18.3. The molecule has 2 aliphatic rings.